The number of hydrogen-bond donors (Lipinski definition) is 3. The Labute approximate surface area is 189 Å². The van der Waals surface area contributed by atoms with Crippen molar-refractivity contribution in [1.82, 2.24) is 10.2 Å². The molecular formula is C22H29IN4O2. The number of aromatic hydroxyl groups is 1. The number of benzene rings is 2. The molecule has 1 aliphatic rings. The molecule has 1 saturated heterocycles. The predicted molar refractivity (Wildman–Crippen MR) is 128 cm³/mol. The van der Waals surface area contributed by atoms with Gasteiger partial charge in [0.15, 0.2) is 5.96 Å². The smallest absolute Gasteiger partial charge is 0.251 e. The van der Waals surface area contributed by atoms with Crippen molar-refractivity contribution < 1.29 is 9.90 Å². The van der Waals surface area contributed by atoms with Gasteiger partial charge in [-0.05, 0) is 56.0 Å². The van der Waals surface area contributed by atoms with E-state index in [4.69, 9.17) is 4.99 Å². The Morgan fingerprint density at radius 2 is 1.79 bits per heavy atom. The normalized spacial score (nSPS) is 14.1. The summed E-state index contributed by atoms with van der Waals surface area (Å²) in [6, 6.07) is 16.4. The minimum Gasteiger partial charge on any atom is -0.508 e. The van der Waals surface area contributed by atoms with E-state index >= 15 is 0 Å². The fraction of sp³-hybridized carbons (Fsp3) is 0.364. The summed E-state index contributed by atoms with van der Waals surface area (Å²) in [5.74, 6) is 0.819. The highest BCUT2D eigenvalue weighted by atomic mass is 127. The van der Waals surface area contributed by atoms with Gasteiger partial charge in [0.1, 0.15) is 5.75 Å². The number of anilines is 1. The first-order valence-electron chi connectivity index (χ1n) is 9.91. The largest absolute Gasteiger partial charge is 0.508 e. The number of phenolic OH excluding ortho intramolecular Hbond substituents is 1. The second kappa shape index (κ2) is 12.3. The Balaban J connectivity index is 0.00000300. The summed E-state index contributed by atoms with van der Waals surface area (Å²) in [6.45, 7) is 3.21. The van der Waals surface area contributed by atoms with Gasteiger partial charge in [-0.2, -0.15) is 0 Å². The molecule has 1 heterocycles. The molecule has 1 fully saturated rings. The number of nitrogens with one attached hydrogen (secondary N) is 2. The number of guanidine groups is 1. The van der Waals surface area contributed by atoms with Crippen LogP contribution in [0.5, 0.6) is 5.75 Å². The van der Waals surface area contributed by atoms with E-state index in [9.17, 15) is 9.90 Å². The molecule has 7 heteroatoms. The van der Waals surface area contributed by atoms with Crippen molar-refractivity contribution in [3.63, 3.8) is 0 Å². The van der Waals surface area contributed by atoms with Gasteiger partial charge >= 0.3 is 0 Å². The number of phenols is 1. The number of amides is 1. The van der Waals surface area contributed by atoms with E-state index in [1.54, 1.807) is 18.2 Å². The lowest BCUT2D eigenvalue weighted by Gasteiger charge is -2.30. The number of para-hydroxylation sites is 1. The lowest BCUT2D eigenvalue weighted by atomic mass is 10.1. The standard InChI is InChI=1S/C22H28N4O2.HI/c27-20-12-7-9-18(17-20)21(28)23-13-8-14-24-22(26-15-5-2-6-16-26)25-19-10-3-1-4-11-19;/h1,3-4,7,9-12,17,27H,2,5-6,8,13-16H2,(H,23,28)(H,24,25);1H. The summed E-state index contributed by atoms with van der Waals surface area (Å²) in [5, 5.41) is 15.8. The number of likely N-dealkylation sites (tertiary alicyclic amines) is 1. The molecule has 1 aliphatic heterocycles. The average molecular weight is 508 g/mol. The van der Waals surface area contributed by atoms with Gasteiger partial charge in [-0.15, -0.1) is 24.0 Å². The summed E-state index contributed by atoms with van der Waals surface area (Å²) in [4.78, 5) is 19.2. The molecule has 1 amide bonds. The number of hydrogen-bond acceptors (Lipinski definition) is 3. The van der Waals surface area contributed by atoms with Crippen LogP contribution in [-0.2, 0) is 0 Å². The van der Waals surface area contributed by atoms with Gasteiger partial charge in [0, 0.05) is 37.4 Å². The van der Waals surface area contributed by atoms with Crippen LogP contribution in [0.4, 0.5) is 5.69 Å². The van der Waals surface area contributed by atoms with Crippen molar-refractivity contribution >= 4 is 41.5 Å². The summed E-state index contributed by atoms with van der Waals surface area (Å²) in [5.41, 5.74) is 1.49. The molecule has 0 atom stereocenters. The van der Waals surface area contributed by atoms with Gasteiger partial charge < -0.3 is 20.6 Å². The van der Waals surface area contributed by atoms with E-state index in [1.165, 1.54) is 25.3 Å². The number of carbonyl (C=O) groups excluding carboxylic acids is 1. The van der Waals surface area contributed by atoms with Gasteiger partial charge in [-0.25, -0.2) is 0 Å². The lowest BCUT2D eigenvalue weighted by Crippen LogP contribution is -2.40. The number of rotatable bonds is 6. The maximum Gasteiger partial charge on any atom is 0.251 e. The third kappa shape index (κ3) is 7.56. The highest BCUT2D eigenvalue weighted by molar-refractivity contribution is 14.0. The molecular weight excluding hydrogens is 479 g/mol. The summed E-state index contributed by atoms with van der Waals surface area (Å²) in [6.07, 6.45) is 4.40. The van der Waals surface area contributed by atoms with Crippen molar-refractivity contribution in [2.24, 2.45) is 4.99 Å². The SMILES string of the molecule is I.O=C(NCCCN=C(Nc1ccccc1)N1CCCCC1)c1cccc(O)c1. The van der Waals surface area contributed by atoms with Gasteiger partial charge in [-0.1, -0.05) is 24.3 Å². The molecule has 2 aromatic rings. The van der Waals surface area contributed by atoms with Crippen molar-refractivity contribution in [3.8, 4) is 5.75 Å². The molecule has 0 saturated carbocycles. The number of carbonyl (C=O) groups is 1. The van der Waals surface area contributed by atoms with Crippen LogP contribution in [0, 0.1) is 0 Å². The lowest BCUT2D eigenvalue weighted by molar-refractivity contribution is 0.0953. The second-order valence-corrected chi connectivity index (χ2v) is 6.90. The summed E-state index contributed by atoms with van der Waals surface area (Å²) < 4.78 is 0. The quantitative estimate of drug-likeness (QED) is 0.238. The fourth-order valence-corrected chi connectivity index (χ4v) is 3.19. The third-order valence-corrected chi connectivity index (χ3v) is 4.68. The Morgan fingerprint density at radius 3 is 2.52 bits per heavy atom. The van der Waals surface area contributed by atoms with Crippen molar-refractivity contribution in [3.05, 3.63) is 60.2 Å². The predicted octanol–water partition coefficient (Wildman–Crippen LogP) is 4.08. The van der Waals surface area contributed by atoms with Crippen molar-refractivity contribution in [2.75, 3.05) is 31.5 Å². The Morgan fingerprint density at radius 1 is 1.03 bits per heavy atom. The Kier molecular flexibility index (Phi) is 9.76. The Bertz CT molecular complexity index is 792. The van der Waals surface area contributed by atoms with Crippen molar-refractivity contribution in [2.45, 2.75) is 25.7 Å². The van der Waals surface area contributed by atoms with Crippen LogP contribution in [0.15, 0.2) is 59.6 Å². The molecule has 0 bridgehead atoms. The average Bonchev–Trinajstić information content (AvgIpc) is 2.74. The zero-order chi connectivity index (χ0) is 19.6. The molecule has 2 aromatic carbocycles. The summed E-state index contributed by atoms with van der Waals surface area (Å²) in [7, 11) is 0. The van der Waals surface area contributed by atoms with E-state index in [0.717, 1.165) is 31.2 Å². The first-order chi connectivity index (χ1) is 13.7. The van der Waals surface area contributed by atoms with Crippen LogP contribution in [0.3, 0.4) is 0 Å². The maximum absolute atomic E-state index is 12.1. The highest BCUT2D eigenvalue weighted by Gasteiger charge is 2.15. The van der Waals surface area contributed by atoms with Crippen LogP contribution in [0.1, 0.15) is 36.0 Å². The molecule has 6 nitrogen and oxygen atoms in total. The van der Waals surface area contributed by atoms with Crippen LogP contribution in [0.25, 0.3) is 0 Å². The van der Waals surface area contributed by atoms with Crippen LogP contribution >= 0.6 is 24.0 Å². The van der Waals surface area contributed by atoms with Gasteiger partial charge in [0.2, 0.25) is 0 Å². The molecule has 0 radical (unpaired) electrons. The molecule has 3 rings (SSSR count). The highest BCUT2D eigenvalue weighted by Crippen LogP contribution is 2.13. The summed E-state index contributed by atoms with van der Waals surface area (Å²) >= 11 is 0. The van der Waals surface area contributed by atoms with Gasteiger partial charge in [0.25, 0.3) is 5.91 Å². The van der Waals surface area contributed by atoms with Crippen LogP contribution in [0.2, 0.25) is 0 Å². The molecule has 3 N–H and O–H groups in total. The molecule has 156 valence electrons. The van der Waals surface area contributed by atoms with Gasteiger partial charge in [0.05, 0.1) is 0 Å². The zero-order valence-electron chi connectivity index (χ0n) is 16.5. The first-order valence-corrected chi connectivity index (χ1v) is 9.91. The number of nitrogens with zero attached hydrogens (tertiary/aromatic N) is 2. The molecule has 0 unspecified atom stereocenters. The first kappa shape index (κ1) is 23.0. The number of halogens is 1. The monoisotopic (exact) mass is 508 g/mol. The topological polar surface area (TPSA) is 77.0 Å². The van der Waals surface area contributed by atoms with Crippen molar-refractivity contribution in [1.29, 1.82) is 0 Å². The van der Waals surface area contributed by atoms with E-state index in [1.807, 2.05) is 30.3 Å². The minimum atomic E-state index is -0.182. The Hall–Kier alpha value is -2.29. The van der Waals surface area contributed by atoms with E-state index in [0.29, 0.717) is 18.7 Å². The van der Waals surface area contributed by atoms with Crippen LogP contribution in [-0.4, -0.2) is 48.1 Å². The minimum absolute atomic E-state index is 0. The van der Waals surface area contributed by atoms with Crippen LogP contribution < -0.4 is 10.6 Å². The second-order valence-electron chi connectivity index (χ2n) is 6.90. The number of piperidine rings is 1. The molecule has 29 heavy (non-hydrogen) atoms. The molecule has 0 spiro atoms. The van der Waals surface area contributed by atoms with Gasteiger partial charge in [-0.3, -0.25) is 9.79 Å². The van der Waals surface area contributed by atoms with E-state index in [2.05, 4.69) is 15.5 Å². The van der Waals surface area contributed by atoms with E-state index in [-0.39, 0.29) is 35.6 Å². The molecule has 0 aliphatic carbocycles. The molecule has 0 aromatic heterocycles. The third-order valence-electron chi connectivity index (χ3n) is 4.68. The zero-order valence-corrected chi connectivity index (χ0v) is 18.8. The maximum atomic E-state index is 12.1. The fourth-order valence-electron chi connectivity index (χ4n) is 3.19. The number of aliphatic imine (C=N–C) groups is 1. The van der Waals surface area contributed by atoms with E-state index < -0.39 is 0 Å².